The van der Waals surface area contributed by atoms with E-state index < -0.39 is 0 Å². The van der Waals surface area contributed by atoms with Crippen molar-refractivity contribution in [2.75, 3.05) is 5.32 Å². The van der Waals surface area contributed by atoms with Crippen LogP contribution in [-0.4, -0.2) is 10.9 Å². The number of pyridine rings is 1. The number of nitrogens with zero attached hydrogens (tertiary/aromatic N) is 1. The molecule has 0 aliphatic heterocycles. The van der Waals surface area contributed by atoms with Gasteiger partial charge in [0.05, 0.1) is 11.3 Å². The number of rotatable bonds is 6. The predicted molar refractivity (Wildman–Crippen MR) is 109 cm³/mol. The van der Waals surface area contributed by atoms with E-state index in [0.29, 0.717) is 27.8 Å². The second-order valence-electron chi connectivity index (χ2n) is 6.22. The predicted octanol–water partition coefficient (Wildman–Crippen LogP) is 6.04. The standard InChI is InChI=1S/C22H21ClN2O2/c1-3-5-17-10-13-21(15(2)24-17)22(26)25-18-6-4-7-20(14-18)27-19-11-8-16(23)9-12-19/h4,6-14H,3,5H2,1-2H3,(H,25,26). The highest BCUT2D eigenvalue weighted by Crippen LogP contribution is 2.25. The molecule has 0 atom stereocenters. The van der Waals surface area contributed by atoms with E-state index in [2.05, 4.69) is 17.2 Å². The number of nitrogens with one attached hydrogen (secondary N) is 1. The van der Waals surface area contributed by atoms with Crippen LogP contribution in [0, 0.1) is 6.92 Å². The van der Waals surface area contributed by atoms with Crippen LogP contribution >= 0.6 is 11.6 Å². The molecule has 0 aliphatic carbocycles. The molecule has 0 fully saturated rings. The van der Waals surface area contributed by atoms with E-state index >= 15 is 0 Å². The Morgan fingerprint density at radius 2 is 1.85 bits per heavy atom. The minimum atomic E-state index is -0.188. The van der Waals surface area contributed by atoms with E-state index in [1.54, 1.807) is 30.3 Å². The van der Waals surface area contributed by atoms with Crippen molar-refractivity contribution in [2.45, 2.75) is 26.7 Å². The van der Waals surface area contributed by atoms with Crippen LogP contribution in [0.3, 0.4) is 0 Å². The molecule has 2 aromatic carbocycles. The van der Waals surface area contributed by atoms with Gasteiger partial charge < -0.3 is 10.1 Å². The number of aryl methyl sites for hydroxylation is 2. The Labute approximate surface area is 164 Å². The molecule has 0 saturated carbocycles. The van der Waals surface area contributed by atoms with Crippen molar-refractivity contribution >= 4 is 23.2 Å². The molecule has 27 heavy (non-hydrogen) atoms. The third-order valence-corrected chi connectivity index (χ3v) is 4.29. The fourth-order valence-corrected chi connectivity index (χ4v) is 2.85. The van der Waals surface area contributed by atoms with E-state index in [0.717, 1.165) is 24.2 Å². The molecular formula is C22H21ClN2O2. The van der Waals surface area contributed by atoms with Gasteiger partial charge in [0.2, 0.25) is 0 Å². The van der Waals surface area contributed by atoms with Crippen molar-refractivity contribution in [1.82, 2.24) is 4.98 Å². The molecule has 3 rings (SSSR count). The summed E-state index contributed by atoms with van der Waals surface area (Å²) in [7, 11) is 0. The summed E-state index contributed by atoms with van der Waals surface area (Å²) >= 11 is 5.89. The first-order valence-electron chi connectivity index (χ1n) is 8.86. The number of anilines is 1. The van der Waals surface area contributed by atoms with Crippen molar-refractivity contribution in [3.05, 3.63) is 82.6 Å². The van der Waals surface area contributed by atoms with E-state index in [1.165, 1.54) is 0 Å². The largest absolute Gasteiger partial charge is 0.457 e. The van der Waals surface area contributed by atoms with Crippen molar-refractivity contribution in [1.29, 1.82) is 0 Å². The molecule has 1 aromatic heterocycles. The number of hydrogen-bond acceptors (Lipinski definition) is 3. The zero-order valence-electron chi connectivity index (χ0n) is 15.3. The summed E-state index contributed by atoms with van der Waals surface area (Å²) in [5.74, 6) is 1.12. The summed E-state index contributed by atoms with van der Waals surface area (Å²) in [6.45, 7) is 3.96. The number of amides is 1. The van der Waals surface area contributed by atoms with Crippen molar-refractivity contribution in [3.8, 4) is 11.5 Å². The van der Waals surface area contributed by atoms with Crippen LogP contribution in [0.25, 0.3) is 0 Å². The second-order valence-corrected chi connectivity index (χ2v) is 6.66. The zero-order chi connectivity index (χ0) is 19.2. The molecule has 0 aliphatic rings. The maximum Gasteiger partial charge on any atom is 0.257 e. The van der Waals surface area contributed by atoms with E-state index in [1.807, 2.05) is 37.3 Å². The lowest BCUT2D eigenvalue weighted by molar-refractivity contribution is 0.102. The number of ether oxygens (including phenoxy) is 1. The summed E-state index contributed by atoms with van der Waals surface area (Å²) in [5.41, 5.74) is 2.96. The highest BCUT2D eigenvalue weighted by molar-refractivity contribution is 6.30. The smallest absolute Gasteiger partial charge is 0.257 e. The van der Waals surface area contributed by atoms with Gasteiger partial charge >= 0.3 is 0 Å². The van der Waals surface area contributed by atoms with Gasteiger partial charge in [-0.15, -0.1) is 0 Å². The molecule has 5 heteroatoms. The van der Waals surface area contributed by atoms with Crippen molar-refractivity contribution in [3.63, 3.8) is 0 Å². The Morgan fingerprint density at radius 3 is 2.56 bits per heavy atom. The van der Waals surface area contributed by atoms with Gasteiger partial charge in [-0.3, -0.25) is 9.78 Å². The molecule has 0 unspecified atom stereocenters. The average Bonchev–Trinajstić information content (AvgIpc) is 2.64. The second kappa shape index (κ2) is 8.69. The Balaban J connectivity index is 1.72. The number of hydrogen-bond donors (Lipinski definition) is 1. The third-order valence-electron chi connectivity index (χ3n) is 4.04. The summed E-state index contributed by atoms with van der Waals surface area (Å²) in [5, 5.41) is 3.56. The van der Waals surface area contributed by atoms with Crippen LogP contribution in [0.15, 0.2) is 60.7 Å². The monoisotopic (exact) mass is 380 g/mol. The van der Waals surface area contributed by atoms with Gasteiger partial charge in [0, 0.05) is 22.5 Å². The van der Waals surface area contributed by atoms with Crippen LogP contribution in [0.4, 0.5) is 5.69 Å². The van der Waals surface area contributed by atoms with Gasteiger partial charge in [0.1, 0.15) is 11.5 Å². The molecule has 1 amide bonds. The minimum absolute atomic E-state index is 0.188. The molecule has 0 spiro atoms. The summed E-state index contributed by atoms with van der Waals surface area (Å²) in [6, 6.07) is 18.1. The van der Waals surface area contributed by atoms with Gasteiger partial charge in [-0.25, -0.2) is 0 Å². The lowest BCUT2D eigenvalue weighted by Gasteiger charge is -2.11. The molecule has 3 aromatic rings. The van der Waals surface area contributed by atoms with Crippen LogP contribution in [0.5, 0.6) is 11.5 Å². The number of benzene rings is 2. The normalized spacial score (nSPS) is 10.5. The highest BCUT2D eigenvalue weighted by atomic mass is 35.5. The highest BCUT2D eigenvalue weighted by Gasteiger charge is 2.11. The summed E-state index contributed by atoms with van der Waals surface area (Å²) in [6.07, 6.45) is 1.94. The average molecular weight is 381 g/mol. The Hall–Kier alpha value is -2.85. The van der Waals surface area contributed by atoms with Gasteiger partial charge in [-0.1, -0.05) is 31.0 Å². The van der Waals surface area contributed by atoms with Gasteiger partial charge in [0.25, 0.3) is 5.91 Å². The lowest BCUT2D eigenvalue weighted by Crippen LogP contribution is -2.14. The molecule has 4 nitrogen and oxygen atoms in total. The van der Waals surface area contributed by atoms with Crippen LogP contribution in [-0.2, 0) is 6.42 Å². The minimum Gasteiger partial charge on any atom is -0.457 e. The number of halogens is 1. The third kappa shape index (κ3) is 5.08. The van der Waals surface area contributed by atoms with Gasteiger partial charge in [-0.05, 0) is 61.9 Å². The maximum absolute atomic E-state index is 12.6. The Kier molecular flexibility index (Phi) is 6.09. The zero-order valence-corrected chi connectivity index (χ0v) is 16.1. The topological polar surface area (TPSA) is 51.2 Å². The van der Waals surface area contributed by atoms with Crippen molar-refractivity contribution < 1.29 is 9.53 Å². The fraction of sp³-hybridized carbons (Fsp3) is 0.182. The van der Waals surface area contributed by atoms with Crippen LogP contribution in [0.1, 0.15) is 35.1 Å². The lowest BCUT2D eigenvalue weighted by atomic mass is 10.1. The van der Waals surface area contributed by atoms with Crippen molar-refractivity contribution in [2.24, 2.45) is 0 Å². The first-order valence-corrected chi connectivity index (χ1v) is 9.24. The molecule has 0 radical (unpaired) electrons. The van der Waals surface area contributed by atoms with Gasteiger partial charge in [-0.2, -0.15) is 0 Å². The summed E-state index contributed by atoms with van der Waals surface area (Å²) < 4.78 is 5.81. The molecule has 0 saturated heterocycles. The van der Waals surface area contributed by atoms with E-state index in [9.17, 15) is 4.79 Å². The van der Waals surface area contributed by atoms with E-state index in [-0.39, 0.29) is 5.91 Å². The molecule has 1 N–H and O–H groups in total. The molecule has 0 bridgehead atoms. The number of carbonyl (C=O) groups excluding carboxylic acids is 1. The molecule has 138 valence electrons. The number of carbonyl (C=O) groups is 1. The van der Waals surface area contributed by atoms with E-state index in [4.69, 9.17) is 16.3 Å². The van der Waals surface area contributed by atoms with Gasteiger partial charge in [0.15, 0.2) is 0 Å². The molecular weight excluding hydrogens is 360 g/mol. The first-order chi connectivity index (χ1) is 13.0. The first kappa shape index (κ1) is 18.9. The Morgan fingerprint density at radius 1 is 1.07 bits per heavy atom. The quantitative estimate of drug-likeness (QED) is 0.567. The fourth-order valence-electron chi connectivity index (χ4n) is 2.72. The SMILES string of the molecule is CCCc1ccc(C(=O)Nc2cccc(Oc3ccc(Cl)cc3)c2)c(C)n1. The Bertz CT molecular complexity index is 939. The molecule has 1 heterocycles. The number of aromatic nitrogens is 1. The van der Waals surface area contributed by atoms with Crippen LogP contribution < -0.4 is 10.1 Å². The summed E-state index contributed by atoms with van der Waals surface area (Å²) in [4.78, 5) is 17.1. The van der Waals surface area contributed by atoms with Crippen LogP contribution in [0.2, 0.25) is 5.02 Å². The maximum atomic E-state index is 12.6.